The summed E-state index contributed by atoms with van der Waals surface area (Å²) < 4.78 is 0. The molecule has 0 heterocycles. The predicted octanol–water partition coefficient (Wildman–Crippen LogP) is 7.06. The van der Waals surface area contributed by atoms with E-state index in [1.54, 1.807) is 0 Å². The highest BCUT2D eigenvalue weighted by atomic mass is 31.1. The Labute approximate surface area is 197 Å². The highest BCUT2D eigenvalue weighted by Gasteiger charge is 2.12. The fourth-order valence-corrected chi connectivity index (χ4v) is 8.35. The Bertz CT molecular complexity index is 822. The molecule has 0 unspecified atom stereocenters. The van der Waals surface area contributed by atoms with E-state index < -0.39 is 0 Å². The minimum atomic E-state index is -0.151. The first kappa shape index (κ1) is 24.4. The zero-order chi connectivity index (χ0) is 22.4. The van der Waals surface area contributed by atoms with E-state index in [0.29, 0.717) is 0 Å². The summed E-state index contributed by atoms with van der Waals surface area (Å²) in [6, 6.07) is 43.6. The molecule has 32 heavy (non-hydrogen) atoms. The molecule has 0 nitrogen and oxygen atoms in total. The van der Waals surface area contributed by atoms with Crippen molar-refractivity contribution in [2.24, 2.45) is 0 Å². The molecule has 0 aliphatic heterocycles. The standard InChI is InChI=1S/2C15H17P/c2*1-2-13-16(14-9-5-3-6-10-14)15-11-7-4-8-12-15/h2*3-12H,2,13H2,1H3. The smallest absolute Gasteiger partial charge is 0.0195 e. The van der Waals surface area contributed by atoms with Gasteiger partial charge in [-0.2, -0.15) is 0 Å². The molecule has 4 aromatic carbocycles. The van der Waals surface area contributed by atoms with Crippen molar-refractivity contribution in [2.75, 3.05) is 12.3 Å². The molecule has 4 aromatic rings. The van der Waals surface area contributed by atoms with Gasteiger partial charge in [-0.25, -0.2) is 0 Å². The summed E-state index contributed by atoms with van der Waals surface area (Å²) in [5, 5.41) is 5.97. The van der Waals surface area contributed by atoms with Crippen LogP contribution in [-0.2, 0) is 0 Å². The molecule has 164 valence electrons. The maximum Gasteiger partial charge on any atom is -0.0195 e. The van der Waals surface area contributed by atoms with Gasteiger partial charge in [0.05, 0.1) is 0 Å². The molecule has 2 heteroatoms. The highest BCUT2D eigenvalue weighted by Crippen LogP contribution is 2.34. The fraction of sp³-hybridized carbons (Fsp3) is 0.200. The van der Waals surface area contributed by atoms with Gasteiger partial charge in [0.2, 0.25) is 0 Å². The van der Waals surface area contributed by atoms with Crippen LogP contribution in [-0.4, -0.2) is 12.3 Å². The summed E-state index contributed by atoms with van der Waals surface area (Å²) in [7, 11) is -0.302. The summed E-state index contributed by atoms with van der Waals surface area (Å²) in [6.07, 6.45) is 5.05. The van der Waals surface area contributed by atoms with Crippen molar-refractivity contribution in [3.05, 3.63) is 121 Å². The molecule has 0 saturated carbocycles. The Kier molecular flexibility index (Phi) is 10.7. The molecule has 0 saturated heterocycles. The third-order valence-corrected chi connectivity index (χ3v) is 10.6. The van der Waals surface area contributed by atoms with Gasteiger partial charge in [-0.3, -0.25) is 0 Å². The van der Waals surface area contributed by atoms with Crippen LogP contribution in [0.4, 0.5) is 0 Å². The van der Waals surface area contributed by atoms with E-state index in [0.717, 1.165) is 0 Å². The molecule has 0 amide bonds. The van der Waals surface area contributed by atoms with E-state index in [1.807, 2.05) is 0 Å². The number of rotatable bonds is 8. The van der Waals surface area contributed by atoms with E-state index in [1.165, 1.54) is 46.4 Å². The first-order valence-electron chi connectivity index (χ1n) is 11.6. The molecule has 0 fully saturated rings. The second kappa shape index (κ2) is 14.0. The van der Waals surface area contributed by atoms with Gasteiger partial charge in [-0.15, -0.1) is 0 Å². The lowest BCUT2D eigenvalue weighted by atomic mass is 10.4. The topological polar surface area (TPSA) is 0 Å². The molecule has 0 atom stereocenters. The maximum atomic E-state index is 2.27. The van der Waals surface area contributed by atoms with Gasteiger partial charge in [0.1, 0.15) is 0 Å². The van der Waals surface area contributed by atoms with Crippen molar-refractivity contribution in [1.29, 1.82) is 0 Å². The van der Waals surface area contributed by atoms with Crippen LogP contribution in [0.3, 0.4) is 0 Å². The molecular formula is C30H34P2. The molecule has 0 bridgehead atoms. The summed E-state index contributed by atoms with van der Waals surface area (Å²) in [5.74, 6) is 0. The number of benzene rings is 4. The molecule has 0 radical (unpaired) electrons. The van der Waals surface area contributed by atoms with E-state index >= 15 is 0 Å². The quantitative estimate of drug-likeness (QED) is 0.249. The Morgan fingerprint density at radius 1 is 0.375 bits per heavy atom. The summed E-state index contributed by atoms with van der Waals surface area (Å²) >= 11 is 0. The fourth-order valence-electron chi connectivity index (χ4n) is 3.69. The molecule has 0 aliphatic rings. The van der Waals surface area contributed by atoms with Crippen molar-refractivity contribution in [2.45, 2.75) is 26.7 Å². The first-order valence-corrected chi connectivity index (χ1v) is 14.6. The van der Waals surface area contributed by atoms with Crippen molar-refractivity contribution in [3.8, 4) is 0 Å². The van der Waals surface area contributed by atoms with Crippen LogP contribution >= 0.6 is 15.8 Å². The van der Waals surface area contributed by atoms with Gasteiger partial charge in [0.25, 0.3) is 0 Å². The van der Waals surface area contributed by atoms with Gasteiger partial charge in [0.15, 0.2) is 0 Å². The van der Waals surface area contributed by atoms with E-state index in [-0.39, 0.29) is 15.8 Å². The predicted molar refractivity (Wildman–Crippen MR) is 148 cm³/mol. The molecule has 0 aromatic heterocycles. The zero-order valence-electron chi connectivity index (χ0n) is 19.3. The lowest BCUT2D eigenvalue weighted by Crippen LogP contribution is -2.13. The average molecular weight is 457 g/mol. The summed E-state index contributed by atoms with van der Waals surface area (Å²) in [6.45, 7) is 4.53. The Hall–Kier alpha value is -2.26. The van der Waals surface area contributed by atoms with Crippen LogP contribution < -0.4 is 21.2 Å². The Morgan fingerprint density at radius 2 is 0.594 bits per heavy atom. The van der Waals surface area contributed by atoms with Crippen LogP contribution in [0.1, 0.15) is 26.7 Å². The highest BCUT2D eigenvalue weighted by molar-refractivity contribution is 7.73. The van der Waals surface area contributed by atoms with E-state index in [2.05, 4.69) is 135 Å². The molecule has 0 N–H and O–H groups in total. The first-order chi connectivity index (χ1) is 15.8. The summed E-state index contributed by atoms with van der Waals surface area (Å²) in [5.41, 5.74) is 0. The van der Waals surface area contributed by atoms with Crippen molar-refractivity contribution < 1.29 is 0 Å². The van der Waals surface area contributed by atoms with Crippen LogP contribution in [0.2, 0.25) is 0 Å². The molecular weight excluding hydrogens is 422 g/mol. The van der Waals surface area contributed by atoms with Crippen LogP contribution in [0.5, 0.6) is 0 Å². The van der Waals surface area contributed by atoms with Gasteiger partial charge in [0, 0.05) is 0 Å². The number of hydrogen-bond acceptors (Lipinski definition) is 0. The SMILES string of the molecule is CCCP(c1ccccc1)c1ccccc1.CCCP(c1ccccc1)c1ccccc1. The van der Waals surface area contributed by atoms with E-state index in [9.17, 15) is 0 Å². The second-order valence-electron chi connectivity index (χ2n) is 7.65. The van der Waals surface area contributed by atoms with Gasteiger partial charge in [-0.05, 0) is 49.4 Å². The maximum absolute atomic E-state index is 2.27. The van der Waals surface area contributed by atoms with Crippen molar-refractivity contribution >= 4 is 37.1 Å². The minimum Gasteiger partial charge on any atom is -0.0650 e. The summed E-state index contributed by atoms with van der Waals surface area (Å²) in [4.78, 5) is 0. The lowest BCUT2D eigenvalue weighted by Gasteiger charge is -2.17. The Morgan fingerprint density at radius 3 is 0.781 bits per heavy atom. The van der Waals surface area contributed by atoms with Gasteiger partial charge < -0.3 is 0 Å². The third kappa shape index (κ3) is 7.41. The lowest BCUT2D eigenvalue weighted by molar-refractivity contribution is 1.10. The average Bonchev–Trinajstić information content (AvgIpc) is 2.88. The minimum absolute atomic E-state index is 0.151. The van der Waals surface area contributed by atoms with Crippen molar-refractivity contribution in [3.63, 3.8) is 0 Å². The monoisotopic (exact) mass is 456 g/mol. The molecule has 4 rings (SSSR count). The third-order valence-electron chi connectivity index (χ3n) is 5.17. The molecule has 0 spiro atoms. The Balaban J connectivity index is 0.000000181. The largest absolute Gasteiger partial charge is 0.0650 e. The van der Waals surface area contributed by atoms with Crippen LogP contribution in [0.25, 0.3) is 0 Å². The van der Waals surface area contributed by atoms with E-state index in [4.69, 9.17) is 0 Å². The van der Waals surface area contributed by atoms with Crippen LogP contribution in [0, 0.1) is 0 Å². The second-order valence-corrected chi connectivity index (χ2v) is 12.3. The molecule has 0 aliphatic carbocycles. The zero-order valence-corrected chi connectivity index (χ0v) is 21.1. The normalized spacial score (nSPS) is 10.6. The van der Waals surface area contributed by atoms with Gasteiger partial charge >= 0.3 is 0 Å². The van der Waals surface area contributed by atoms with Crippen LogP contribution in [0.15, 0.2) is 121 Å². The van der Waals surface area contributed by atoms with Crippen molar-refractivity contribution in [1.82, 2.24) is 0 Å². The number of hydrogen-bond donors (Lipinski definition) is 0. The van der Waals surface area contributed by atoms with Gasteiger partial charge in [-0.1, -0.05) is 148 Å².